The predicted molar refractivity (Wildman–Crippen MR) is 79.4 cm³/mol. The minimum atomic E-state index is -0.835. The average Bonchev–Trinajstić information content (AvgIpc) is 2.37. The van der Waals surface area contributed by atoms with Gasteiger partial charge in [0.15, 0.2) is 0 Å². The first kappa shape index (κ1) is 16.0. The molecule has 0 unspecified atom stereocenters. The molecular formula is C13H16BrNO3S. The molecule has 0 radical (unpaired) electrons. The van der Waals surface area contributed by atoms with E-state index in [1.807, 2.05) is 24.3 Å². The summed E-state index contributed by atoms with van der Waals surface area (Å²) >= 11 is 5.07. The Labute approximate surface area is 125 Å². The van der Waals surface area contributed by atoms with Crippen molar-refractivity contribution < 1.29 is 14.7 Å². The van der Waals surface area contributed by atoms with Crippen molar-refractivity contribution in [1.82, 2.24) is 5.32 Å². The third-order valence-corrected chi connectivity index (χ3v) is 4.34. The molecule has 19 heavy (non-hydrogen) atoms. The van der Waals surface area contributed by atoms with Crippen molar-refractivity contribution in [2.75, 3.05) is 12.3 Å². The smallest absolute Gasteiger partial charge is 0.303 e. The minimum Gasteiger partial charge on any atom is -0.481 e. The highest BCUT2D eigenvalue weighted by Gasteiger charge is 2.04. The molecule has 1 rings (SSSR count). The van der Waals surface area contributed by atoms with Crippen molar-refractivity contribution >= 4 is 39.6 Å². The quantitative estimate of drug-likeness (QED) is 0.561. The van der Waals surface area contributed by atoms with E-state index < -0.39 is 5.97 Å². The van der Waals surface area contributed by atoms with Gasteiger partial charge in [-0.1, -0.05) is 12.1 Å². The highest BCUT2D eigenvalue weighted by atomic mass is 79.9. The zero-order valence-electron chi connectivity index (χ0n) is 10.4. The zero-order valence-corrected chi connectivity index (χ0v) is 12.8. The highest BCUT2D eigenvalue weighted by molar-refractivity contribution is 9.10. The number of rotatable bonds is 8. The fourth-order valence-electron chi connectivity index (χ4n) is 1.37. The van der Waals surface area contributed by atoms with Gasteiger partial charge in [0.1, 0.15) is 0 Å². The van der Waals surface area contributed by atoms with Crippen molar-refractivity contribution in [3.63, 3.8) is 0 Å². The SMILES string of the molecule is O=C(O)CCCNC(=O)CCSc1ccccc1Br. The van der Waals surface area contributed by atoms with Crippen LogP contribution in [0.4, 0.5) is 0 Å². The van der Waals surface area contributed by atoms with Gasteiger partial charge < -0.3 is 10.4 Å². The second kappa shape index (κ2) is 8.98. The fourth-order valence-corrected chi connectivity index (χ4v) is 2.89. The van der Waals surface area contributed by atoms with Crippen molar-refractivity contribution in [2.24, 2.45) is 0 Å². The molecule has 6 heteroatoms. The molecule has 0 saturated carbocycles. The van der Waals surface area contributed by atoms with Crippen molar-refractivity contribution in [1.29, 1.82) is 0 Å². The third kappa shape index (κ3) is 7.22. The Bertz CT molecular complexity index is 440. The Morgan fingerprint density at radius 2 is 2.00 bits per heavy atom. The number of aliphatic carboxylic acids is 1. The number of hydrogen-bond donors (Lipinski definition) is 2. The molecule has 0 spiro atoms. The minimum absolute atomic E-state index is 0.0371. The molecule has 0 atom stereocenters. The van der Waals surface area contributed by atoms with E-state index in [-0.39, 0.29) is 12.3 Å². The number of hydrogen-bond acceptors (Lipinski definition) is 3. The number of carbonyl (C=O) groups excluding carboxylic acids is 1. The van der Waals surface area contributed by atoms with Gasteiger partial charge in [0.05, 0.1) is 0 Å². The molecule has 0 aliphatic heterocycles. The lowest BCUT2D eigenvalue weighted by atomic mass is 10.3. The Balaban J connectivity index is 2.14. The standard InChI is InChI=1S/C13H16BrNO3S/c14-10-4-1-2-5-11(10)19-9-7-12(16)15-8-3-6-13(17)18/h1-2,4-5H,3,6-9H2,(H,15,16)(H,17,18). The van der Waals surface area contributed by atoms with Crippen LogP contribution in [0.2, 0.25) is 0 Å². The maximum atomic E-state index is 11.5. The largest absolute Gasteiger partial charge is 0.481 e. The maximum Gasteiger partial charge on any atom is 0.303 e. The maximum absolute atomic E-state index is 11.5. The van der Waals surface area contributed by atoms with E-state index in [0.29, 0.717) is 25.1 Å². The van der Waals surface area contributed by atoms with Gasteiger partial charge in [0.2, 0.25) is 5.91 Å². The lowest BCUT2D eigenvalue weighted by Gasteiger charge is -2.05. The summed E-state index contributed by atoms with van der Waals surface area (Å²) in [5, 5.41) is 11.2. The van der Waals surface area contributed by atoms with E-state index in [4.69, 9.17) is 5.11 Å². The van der Waals surface area contributed by atoms with Crippen LogP contribution < -0.4 is 5.32 Å². The zero-order chi connectivity index (χ0) is 14.1. The Morgan fingerprint density at radius 1 is 1.26 bits per heavy atom. The van der Waals surface area contributed by atoms with Crippen molar-refractivity contribution in [3.8, 4) is 0 Å². The predicted octanol–water partition coefficient (Wildman–Crippen LogP) is 2.91. The molecule has 1 amide bonds. The number of carboxylic acid groups (broad SMARTS) is 1. The number of amides is 1. The van der Waals surface area contributed by atoms with E-state index in [1.165, 1.54) is 0 Å². The molecule has 0 bridgehead atoms. The Kier molecular flexibility index (Phi) is 7.59. The van der Waals surface area contributed by atoms with Gasteiger partial charge >= 0.3 is 5.97 Å². The lowest BCUT2D eigenvalue weighted by Crippen LogP contribution is -2.25. The van der Waals surface area contributed by atoms with E-state index in [0.717, 1.165) is 9.37 Å². The molecule has 104 valence electrons. The summed E-state index contributed by atoms with van der Waals surface area (Å²) in [6, 6.07) is 7.87. The van der Waals surface area contributed by atoms with E-state index in [1.54, 1.807) is 11.8 Å². The first-order chi connectivity index (χ1) is 9.09. The van der Waals surface area contributed by atoms with Gasteiger partial charge in [-0.3, -0.25) is 9.59 Å². The number of nitrogens with one attached hydrogen (secondary N) is 1. The summed E-state index contributed by atoms with van der Waals surface area (Å²) in [5.74, 6) is -0.170. The fraction of sp³-hybridized carbons (Fsp3) is 0.385. The number of thioether (sulfide) groups is 1. The molecule has 0 heterocycles. The summed E-state index contributed by atoms with van der Waals surface area (Å²) in [5.41, 5.74) is 0. The van der Waals surface area contributed by atoms with E-state index in [9.17, 15) is 9.59 Å². The van der Waals surface area contributed by atoms with Crippen molar-refractivity contribution in [2.45, 2.75) is 24.2 Å². The summed E-state index contributed by atoms with van der Waals surface area (Å²) in [6.07, 6.45) is 0.990. The number of carbonyl (C=O) groups is 2. The number of halogens is 1. The van der Waals surface area contributed by atoms with Crippen LogP contribution in [0, 0.1) is 0 Å². The molecule has 0 fully saturated rings. The second-order valence-electron chi connectivity index (χ2n) is 3.88. The van der Waals surface area contributed by atoms with Crippen LogP contribution in [0.15, 0.2) is 33.6 Å². The van der Waals surface area contributed by atoms with Gasteiger partial charge in [-0.15, -0.1) is 11.8 Å². The van der Waals surface area contributed by atoms with Gasteiger partial charge in [0, 0.05) is 34.5 Å². The van der Waals surface area contributed by atoms with E-state index in [2.05, 4.69) is 21.2 Å². The molecule has 0 aromatic heterocycles. The van der Waals surface area contributed by atoms with Crippen LogP contribution in [-0.4, -0.2) is 29.3 Å². The van der Waals surface area contributed by atoms with Gasteiger partial charge in [-0.25, -0.2) is 0 Å². The topological polar surface area (TPSA) is 66.4 Å². The summed E-state index contributed by atoms with van der Waals surface area (Å²) in [6.45, 7) is 0.421. The van der Waals surface area contributed by atoms with Crippen LogP contribution in [0.3, 0.4) is 0 Å². The molecule has 1 aromatic carbocycles. The first-order valence-corrected chi connectivity index (χ1v) is 7.73. The average molecular weight is 346 g/mol. The lowest BCUT2D eigenvalue weighted by molar-refractivity contribution is -0.137. The molecule has 0 aliphatic carbocycles. The van der Waals surface area contributed by atoms with Crippen molar-refractivity contribution in [3.05, 3.63) is 28.7 Å². The molecule has 2 N–H and O–H groups in total. The summed E-state index contributed by atoms with van der Waals surface area (Å²) < 4.78 is 1.03. The summed E-state index contributed by atoms with van der Waals surface area (Å²) in [7, 11) is 0. The summed E-state index contributed by atoms with van der Waals surface area (Å²) in [4.78, 5) is 22.9. The molecule has 4 nitrogen and oxygen atoms in total. The number of benzene rings is 1. The van der Waals surface area contributed by atoms with Crippen LogP contribution in [0.1, 0.15) is 19.3 Å². The Morgan fingerprint density at radius 3 is 2.68 bits per heavy atom. The van der Waals surface area contributed by atoms with E-state index >= 15 is 0 Å². The van der Waals surface area contributed by atoms with Gasteiger partial charge in [-0.2, -0.15) is 0 Å². The third-order valence-electron chi connectivity index (χ3n) is 2.31. The van der Waals surface area contributed by atoms with Gasteiger partial charge in [-0.05, 0) is 34.5 Å². The van der Waals surface area contributed by atoms with Crippen LogP contribution >= 0.6 is 27.7 Å². The molecular weight excluding hydrogens is 330 g/mol. The Hall–Kier alpha value is -1.01. The highest BCUT2D eigenvalue weighted by Crippen LogP contribution is 2.27. The monoisotopic (exact) mass is 345 g/mol. The molecule has 0 saturated heterocycles. The van der Waals surface area contributed by atoms with Gasteiger partial charge in [0.25, 0.3) is 0 Å². The van der Waals surface area contributed by atoms with Crippen LogP contribution in [0.25, 0.3) is 0 Å². The normalized spacial score (nSPS) is 10.2. The molecule has 0 aliphatic rings. The number of carboxylic acids is 1. The molecule has 1 aromatic rings. The first-order valence-electron chi connectivity index (χ1n) is 5.95. The second-order valence-corrected chi connectivity index (χ2v) is 5.87. The van der Waals surface area contributed by atoms with Crippen LogP contribution in [-0.2, 0) is 9.59 Å². The van der Waals surface area contributed by atoms with Crippen LogP contribution in [0.5, 0.6) is 0 Å².